The highest BCUT2D eigenvalue weighted by atomic mass is 17.1. The summed E-state index contributed by atoms with van der Waals surface area (Å²) >= 11 is 0. The molecule has 5 nitrogen and oxygen atoms in total. The summed E-state index contributed by atoms with van der Waals surface area (Å²) in [6.45, 7) is 0.792. The predicted molar refractivity (Wildman–Crippen MR) is 22.2 cm³/mol. The van der Waals surface area contributed by atoms with Crippen LogP contribution in [0.15, 0.2) is 0 Å². The van der Waals surface area contributed by atoms with E-state index in [1.807, 2.05) is 0 Å². The monoisotopic (exact) mass is 132 g/mol. The van der Waals surface area contributed by atoms with Crippen molar-refractivity contribution in [1.29, 1.82) is 0 Å². The molecular formula is C4H4O5. The van der Waals surface area contributed by atoms with Gasteiger partial charge in [-0.25, -0.2) is 4.79 Å². The summed E-state index contributed by atoms with van der Waals surface area (Å²) in [6.07, 6.45) is -2.21. The van der Waals surface area contributed by atoms with E-state index < -0.39 is 12.3 Å². The Morgan fingerprint density at radius 2 is 1.78 bits per heavy atom. The molecule has 2 aliphatic heterocycles. The van der Waals surface area contributed by atoms with Crippen LogP contribution in [0.25, 0.3) is 0 Å². The Morgan fingerprint density at radius 1 is 1.22 bits per heavy atom. The van der Waals surface area contributed by atoms with E-state index in [9.17, 15) is 4.79 Å². The Balaban J connectivity index is 2.03. The standard InChI is InChI=1S/C4H4O5/c5-3-8-4(9-3)6-1-2-7-4/h1-2H2. The molecule has 0 radical (unpaired) electrons. The van der Waals surface area contributed by atoms with Gasteiger partial charge in [0.2, 0.25) is 0 Å². The molecule has 2 fully saturated rings. The molecule has 1 spiro atoms. The summed E-state index contributed by atoms with van der Waals surface area (Å²) in [7, 11) is 0. The first kappa shape index (κ1) is 5.01. The van der Waals surface area contributed by atoms with Gasteiger partial charge >= 0.3 is 12.3 Å². The Morgan fingerprint density at radius 3 is 2.22 bits per heavy atom. The quantitative estimate of drug-likeness (QED) is 0.427. The van der Waals surface area contributed by atoms with Crippen LogP contribution in [0, 0.1) is 0 Å². The molecular weight excluding hydrogens is 128 g/mol. The molecule has 0 unspecified atom stereocenters. The highest BCUT2D eigenvalue weighted by Gasteiger charge is 2.56. The lowest BCUT2D eigenvalue weighted by atomic mass is 10.8. The Bertz CT molecular complexity index is 137. The molecule has 0 aliphatic carbocycles. The first-order valence-electron chi connectivity index (χ1n) is 2.51. The third-order valence-electron chi connectivity index (χ3n) is 1.06. The number of hydrogen-bond acceptors (Lipinski definition) is 5. The van der Waals surface area contributed by atoms with E-state index in [2.05, 4.69) is 9.47 Å². The molecule has 9 heavy (non-hydrogen) atoms. The molecule has 0 atom stereocenters. The fourth-order valence-corrected chi connectivity index (χ4v) is 0.705. The molecule has 2 rings (SSSR count). The van der Waals surface area contributed by atoms with Crippen LogP contribution in [0.4, 0.5) is 4.79 Å². The first-order valence-corrected chi connectivity index (χ1v) is 2.51. The van der Waals surface area contributed by atoms with Gasteiger partial charge in [-0.15, -0.1) is 0 Å². The van der Waals surface area contributed by atoms with Crippen molar-refractivity contribution < 1.29 is 23.7 Å². The van der Waals surface area contributed by atoms with Crippen molar-refractivity contribution in [3.8, 4) is 0 Å². The Kier molecular flexibility index (Phi) is 0.762. The van der Waals surface area contributed by atoms with Crippen LogP contribution in [0.1, 0.15) is 0 Å². The van der Waals surface area contributed by atoms with Gasteiger partial charge in [0, 0.05) is 0 Å². The highest BCUT2D eigenvalue weighted by molar-refractivity contribution is 5.64. The van der Waals surface area contributed by atoms with Crippen molar-refractivity contribution in [3.05, 3.63) is 0 Å². The van der Waals surface area contributed by atoms with Gasteiger partial charge in [0.05, 0.1) is 13.2 Å². The second kappa shape index (κ2) is 1.37. The van der Waals surface area contributed by atoms with Crippen LogP contribution in [-0.4, -0.2) is 25.5 Å². The predicted octanol–water partition coefficient (Wildman–Crippen LogP) is -0.189. The molecule has 50 valence electrons. The molecule has 0 aromatic rings. The van der Waals surface area contributed by atoms with E-state index >= 15 is 0 Å². The second-order valence-corrected chi connectivity index (χ2v) is 1.65. The molecule has 0 aromatic heterocycles. The molecule has 5 heteroatoms. The lowest BCUT2D eigenvalue weighted by Crippen LogP contribution is -2.50. The highest BCUT2D eigenvalue weighted by Crippen LogP contribution is 2.31. The minimum Gasteiger partial charge on any atom is -0.340 e. The number of carbonyl (C=O) groups excluding carboxylic acids is 1. The van der Waals surface area contributed by atoms with E-state index in [0.29, 0.717) is 13.2 Å². The summed E-state index contributed by atoms with van der Waals surface area (Å²) in [5.74, 6) is 0. The van der Waals surface area contributed by atoms with Gasteiger partial charge in [0.25, 0.3) is 0 Å². The average molecular weight is 132 g/mol. The summed E-state index contributed by atoms with van der Waals surface area (Å²) in [5, 5.41) is 0. The van der Waals surface area contributed by atoms with Gasteiger partial charge in [-0.1, -0.05) is 0 Å². The number of carbonyl (C=O) groups is 1. The van der Waals surface area contributed by atoms with Crippen LogP contribution in [0.2, 0.25) is 0 Å². The van der Waals surface area contributed by atoms with Crippen LogP contribution in [0.5, 0.6) is 0 Å². The molecule has 0 amide bonds. The van der Waals surface area contributed by atoms with Crippen molar-refractivity contribution in [2.24, 2.45) is 0 Å². The van der Waals surface area contributed by atoms with E-state index in [-0.39, 0.29) is 0 Å². The van der Waals surface area contributed by atoms with Gasteiger partial charge < -0.3 is 9.47 Å². The zero-order valence-electron chi connectivity index (χ0n) is 4.46. The number of rotatable bonds is 0. The van der Waals surface area contributed by atoms with Gasteiger partial charge in [0.15, 0.2) is 0 Å². The lowest BCUT2D eigenvalue weighted by molar-refractivity contribution is -0.484. The van der Waals surface area contributed by atoms with E-state index in [0.717, 1.165) is 0 Å². The Hall–Kier alpha value is -0.810. The van der Waals surface area contributed by atoms with Crippen molar-refractivity contribution in [2.45, 2.75) is 6.16 Å². The average Bonchev–Trinajstić information content (AvgIpc) is 2.12. The largest absolute Gasteiger partial charge is 0.522 e. The molecule has 2 saturated heterocycles. The van der Waals surface area contributed by atoms with Crippen LogP contribution in [0.3, 0.4) is 0 Å². The molecule has 2 heterocycles. The minimum atomic E-state index is -1.46. The zero-order valence-corrected chi connectivity index (χ0v) is 4.46. The maximum absolute atomic E-state index is 10.1. The van der Waals surface area contributed by atoms with Gasteiger partial charge in [0.1, 0.15) is 0 Å². The first-order chi connectivity index (χ1) is 4.31. The maximum atomic E-state index is 10.1. The van der Waals surface area contributed by atoms with E-state index in [4.69, 9.17) is 9.47 Å². The summed E-state index contributed by atoms with van der Waals surface area (Å²) < 4.78 is 18.3. The Labute approximate surface area is 50.4 Å². The van der Waals surface area contributed by atoms with Crippen LogP contribution < -0.4 is 0 Å². The van der Waals surface area contributed by atoms with Gasteiger partial charge in [-0.3, -0.25) is 9.47 Å². The van der Waals surface area contributed by atoms with Crippen molar-refractivity contribution in [2.75, 3.05) is 13.2 Å². The number of ether oxygens (including phenoxy) is 4. The topological polar surface area (TPSA) is 54.0 Å². The fourth-order valence-electron chi connectivity index (χ4n) is 0.705. The normalized spacial score (nSPS) is 29.1. The third kappa shape index (κ3) is 0.585. The molecule has 0 aromatic carbocycles. The summed E-state index contributed by atoms with van der Waals surface area (Å²) in [4.78, 5) is 10.1. The molecule has 0 bridgehead atoms. The zero-order chi connectivity index (χ0) is 6.32. The fraction of sp³-hybridized carbons (Fsp3) is 0.750. The van der Waals surface area contributed by atoms with Crippen LogP contribution >= 0.6 is 0 Å². The van der Waals surface area contributed by atoms with Crippen molar-refractivity contribution in [1.82, 2.24) is 0 Å². The summed E-state index contributed by atoms with van der Waals surface area (Å²) in [6, 6.07) is 0. The second-order valence-electron chi connectivity index (χ2n) is 1.65. The summed E-state index contributed by atoms with van der Waals surface area (Å²) in [5.41, 5.74) is 0. The SMILES string of the molecule is O=C1OC2(OCCO2)O1. The molecule has 2 aliphatic rings. The van der Waals surface area contributed by atoms with Crippen molar-refractivity contribution in [3.63, 3.8) is 0 Å². The van der Waals surface area contributed by atoms with Gasteiger partial charge in [-0.2, -0.15) is 0 Å². The van der Waals surface area contributed by atoms with Crippen molar-refractivity contribution >= 4 is 6.16 Å². The van der Waals surface area contributed by atoms with Gasteiger partial charge in [-0.05, 0) is 0 Å². The van der Waals surface area contributed by atoms with Crippen LogP contribution in [-0.2, 0) is 18.9 Å². The van der Waals surface area contributed by atoms with E-state index in [1.54, 1.807) is 0 Å². The minimum absolute atomic E-state index is 0.396. The molecule has 0 N–H and O–H groups in total. The third-order valence-corrected chi connectivity index (χ3v) is 1.06. The lowest BCUT2D eigenvalue weighted by Gasteiger charge is -2.31. The smallest absolute Gasteiger partial charge is 0.340 e. The molecule has 0 saturated carbocycles. The van der Waals surface area contributed by atoms with E-state index in [1.165, 1.54) is 0 Å². The number of hydrogen-bond donors (Lipinski definition) is 0. The maximum Gasteiger partial charge on any atom is 0.522 e.